The minimum absolute atomic E-state index is 0.256. The van der Waals surface area contributed by atoms with E-state index in [-0.39, 0.29) is 5.95 Å². The van der Waals surface area contributed by atoms with Crippen molar-refractivity contribution < 1.29 is 9.47 Å². The number of ether oxygens (including phenoxy) is 2. The van der Waals surface area contributed by atoms with Gasteiger partial charge in [0.2, 0.25) is 11.9 Å². The summed E-state index contributed by atoms with van der Waals surface area (Å²) in [5, 5.41) is 0.640. The van der Waals surface area contributed by atoms with E-state index >= 15 is 0 Å². The van der Waals surface area contributed by atoms with Crippen LogP contribution >= 0.6 is 11.8 Å². The summed E-state index contributed by atoms with van der Waals surface area (Å²) >= 11 is 1.51. The Morgan fingerprint density at radius 2 is 2.11 bits per heavy atom. The number of nitrogen functional groups attached to an aromatic ring is 1. The summed E-state index contributed by atoms with van der Waals surface area (Å²) in [6.07, 6.45) is 0. The molecule has 0 spiro atoms. The Morgan fingerprint density at radius 1 is 1.33 bits per heavy atom. The van der Waals surface area contributed by atoms with Crippen LogP contribution in [0.5, 0.6) is 0 Å². The van der Waals surface area contributed by atoms with Gasteiger partial charge in [-0.05, 0) is 0 Å². The Bertz CT molecular complexity index is 387. The predicted octanol–water partition coefficient (Wildman–Crippen LogP) is 0.0289. The molecule has 0 radical (unpaired) electrons. The van der Waals surface area contributed by atoms with E-state index in [1.165, 1.54) is 11.8 Å². The number of nitrogens with zero attached hydrogens (tertiary/aromatic N) is 4. The van der Waals surface area contributed by atoms with Crippen LogP contribution in [0.25, 0.3) is 0 Å². The lowest BCUT2D eigenvalue weighted by Crippen LogP contribution is -2.37. The molecule has 0 aromatic carbocycles. The molecule has 0 bridgehead atoms. The van der Waals surface area contributed by atoms with E-state index in [2.05, 4.69) is 19.9 Å². The Balaban J connectivity index is 2.05. The number of methoxy groups -OCH3 is 1. The third kappa shape index (κ3) is 3.69. The Kier molecular flexibility index (Phi) is 4.97. The van der Waals surface area contributed by atoms with Gasteiger partial charge in [-0.15, -0.1) is 0 Å². The van der Waals surface area contributed by atoms with Crippen molar-refractivity contribution in [1.29, 1.82) is 0 Å². The molecule has 7 nitrogen and oxygen atoms in total. The predicted molar refractivity (Wildman–Crippen MR) is 69.9 cm³/mol. The molecule has 1 fully saturated rings. The minimum Gasteiger partial charge on any atom is -0.384 e. The average Bonchev–Trinajstić information content (AvgIpc) is 2.39. The van der Waals surface area contributed by atoms with Gasteiger partial charge in [0.15, 0.2) is 5.16 Å². The van der Waals surface area contributed by atoms with Crippen molar-refractivity contribution in [2.24, 2.45) is 0 Å². The Labute approximate surface area is 110 Å². The van der Waals surface area contributed by atoms with E-state index in [9.17, 15) is 0 Å². The number of hydrogen-bond donors (Lipinski definition) is 1. The fourth-order valence-electron chi connectivity index (χ4n) is 1.55. The zero-order valence-corrected chi connectivity index (χ0v) is 11.2. The summed E-state index contributed by atoms with van der Waals surface area (Å²) in [5.74, 6) is 1.68. The third-order valence-corrected chi connectivity index (χ3v) is 3.24. The number of morpholine rings is 1. The smallest absolute Gasteiger partial charge is 0.231 e. The zero-order chi connectivity index (χ0) is 12.8. The first-order valence-corrected chi connectivity index (χ1v) is 6.74. The van der Waals surface area contributed by atoms with E-state index in [1.54, 1.807) is 7.11 Å². The molecular formula is C10H17N5O2S. The van der Waals surface area contributed by atoms with Gasteiger partial charge in [0.05, 0.1) is 19.8 Å². The summed E-state index contributed by atoms with van der Waals surface area (Å²) in [6, 6.07) is 0. The van der Waals surface area contributed by atoms with Crippen molar-refractivity contribution in [2.75, 3.05) is 56.4 Å². The number of thioether (sulfide) groups is 1. The van der Waals surface area contributed by atoms with Crippen molar-refractivity contribution in [3.63, 3.8) is 0 Å². The molecule has 8 heteroatoms. The average molecular weight is 271 g/mol. The van der Waals surface area contributed by atoms with Crippen molar-refractivity contribution >= 4 is 23.7 Å². The van der Waals surface area contributed by atoms with E-state index in [4.69, 9.17) is 15.2 Å². The molecule has 1 saturated heterocycles. The van der Waals surface area contributed by atoms with Gasteiger partial charge in [-0.2, -0.15) is 15.0 Å². The Hall–Kier alpha value is -1.12. The fourth-order valence-corrected chi connectivity index (χ4v) is 2.28. The third-order valence-electron chi connectivity index (χ3n) is 2.43. The lowest BCUT2D eigenvalue weighted by Gasteiger charge is -2.26. The largest absolute Gasteiger partial charge is 0.384 e. The van der Waals surface area contributed by atoms with Gasteiger partial charge in [0.25, 0.3) is 0 Å². The number of nitrogens with two attached hydrogens (primary N) is 1. The van der Waals surface area contributed by atoms with Gasteiger partial charge in [0.1, 0.15) is 0 Å². The van der Waals surface area contributed by atoms with E-state index in [0.29, 0.717) is 30.9 Å². The second-order valence-corrected chi connectivity index (χ2v) is 4.78. The molecule has 0 amide bonds. The van der Waals surface area contributed by atoms with Crippen LogP contribution in [0, 0.1) is 0 Å². The minimum atomic E-state index is 0.256. The maximum absolute atomic E-state index is 5.71. The molecule has 2 N–H and O–H groups in total. The molecule has 2 heterocycles. The molecule has 0 unspecified atom stereocenters. The molecule has 0 saturated carbocycles. The molecule has 2 rings (SSSR count). The number of hydrogen-bond acceptors (Lipinski definition) is 8. The second-order valence-electron chi connectivity index (χ2n) is 3.72. The SMILES string of the molecule is COCCSc1nc(N)nc(N2CCOCC2)n1. The van der Waals surface area contributed by atoms with Crippen molar-refractivity contribution in [2.45, 2.75) is 5.16 Å². The molecular weight excluding hydrogens is 254 g/mol. The maximum atomic E-state index is 5.71. The summed E-state index contributed by atoms with van der Waals surface area (Å²) in [6.45, 7) is 3.61. The number of aromatic nitrogens is 3. The highest BCUT2D eigenvalue weighted by Gasteiger charge is 2.15. The molecule has 0 atom stereocenters. The summed E-state index contributed by atoms with van der Waals surface area (Å²) in [4.78, 5) is 14.7. The molecule has 1 aromatic rings. The molecule has 100 valence electrons. The molecule has 1 aromatic heterocycles. The lowest BCUT2D eigenvalue weighted by atomic mass is 10.4. The van der Waals surface area contributed by atoms with Crippen LogP contribution in [0.1, 0.15) is 0 Å². The van der Waals surface area contributed by atoms with Gasteiger partial charge in [-0.3, -0.25) is 0 Å². The zero-order valence-electron chi connectivity index (χ0n) is 10.3. The summed E-state index contributed by atoms with van der Waals surface area (Å²) < 4.78 is 10.3. The molecule has 1 aliphatic heterocycles. The molecule has 1 aliphatic rings. The number of anilines is 2. The second kappa shape index (κ2) is 6.72. The summed E-state index contributed by atoms with van der Waals surface area (Å²) in [7, 11) is 1.67. The highest BCUT2D eigenvalue weighted by Crippen LogP contribution is 2.18. The van der Waals surface area contributed by atoms with Crippen molar-refractivity contribution in [3.05, 3.63) is 0 Å². The topological polar surface area (TPSA) is 86.4 Å². The van der Waals surface area contributed by atoms with E-state index in [1.807, 2.05) is 0 Å². The maximum Gasteiger partial charge on any atom is 0.231 e. The van der Waals surface area contributed by atoms with Crippen LogP contribution in [0.15, 0.2) is 5.16 Å². The van der Waals surface area contributed by atoms with Gasteiger partial charge in [-0.1, -0.05) is 11.8 Å². The summed E-state index contributed by atoms with van der Waals surface area (Å²) in [5.41, 5.74) is 5.71. The Morgan fingerprint density at radius 3 is 2.83 bits per heavy atom. The van der Waals surface area contributed by atoms with Crippen molar-refractivity contribution in [1.82, 2.24) is 15.0 Å². The first kappa shape index (κ1) is 13.3. The van der Waals surface area contributed by atoms with Gasteiger partial charge < -0.3 is 20.1 Å². The highest BCUT2D eigenvalue weighted by molar-refractivity contribution is 7.99. The van der Waals surface area contributed by atoms with Gasteiger partial charge in [0, 0.05) is 26.0 Å². The number of rotatable bonds is 5. The van der Waals surface area contributed by atoms with Crippen LogP contribution in [0.3, 0.4) is 0 Å². The fraction of sp³-hybridized carbons (Fsp3) is 0.700. The standard InChI is InChI=1S/C10H17N5O2S/c1-16-6-7-18-10-13-8(11)12-9(14-10)15-2-4-17-5-3-15/h2-7H2,1H3,(H2,11,12,13,14). The molecule has 18 heavy (non-hydrogen) atoms. The first-order chi connectivity index (χ1) is 8.79. The first-order valence-electron chi connectivity index (χ1n) is 5.75. The van der Waals surface area contributed by atoms with Crippen LogP contribution in [-0.2, 0) is 9.47 Å². The van der Waals surface area contributed by atoms with Gasteiger partial charge in [-0.25, -0.2) is 0 Å². The lowest BCUT2D eigenvalue weighted by molar-refractivity contribution is 0.122. The van der Waals surface area contributed by atoms with Crippen LogP contribution in [-0.4, -0.2) is 60.7 Å². The van der Waals surface area contributed by atoms with Crippen LogP contribution < -0.4 is 10.6 Å². The van der Waals surface area contributed by atoms with Crippen LogP contribution in [0.2, 0.25) is 0 Å². The van der Waals surface area contributed by atoms with Crippen molar-refractivity contribution in [3.8, 4) is 0 Å². The monoisotopic (exact) mass is 271 g/mol. The quantitative estimate of drug-likeness (QED) is 0.593. The normalized spacial score (nSPS) is 15.9. The van der Waals surface area contributed by atoms with E-state index in [0.717, 1.165) is 18.8 Å². The van der Waals surface area contributed by atoms with Crippen LogP contribution in [0.4, 0.5) is 11.9 Å². The van der Waals surface area contributed by atoms with E-state index < -0.39 is 0 Å². The van der Waals surface area contributed by atoms with Gasteiger partial charge >= 0.3 is 0 Å². The molecule has 0 aliphatic carbocycles. The highest BCUT2D eigenvalue weighted by atomic mass is 32.2.